The Morgan fingerprint density at radius 1 is 1.32 bits per heavy atom. The predicted molar refractivity (Wildman–Crippen MR) is 81.7 cm³/mol. The fourth-order valence-corrected chi connectivity index (χ4v) is 3.42. The molecule has 0 N–H and O–H groups in total. The molecule has 0 radical (unpaired) electrons. The van der Waals surface area contributed by atoms with E-state index in [0.717, 1.165) is 17.6 Å². The molecule has 0 aliphatic carbocycles. The summed E-state index contributed by atoms with van der Waals surface area (Å²) >= 11 is 5.14. The molecule has 0 bridgehead atoms. The molecular weight excluding hydrogens is 326 g/mol. The monoisotopic (exact) mass is 343 g/mol. The maximum atomic E-state index is 12.1. The van der Waals surface area contributed by atoms with Crippen LogP contribution >= 0.6 is 27.7 Å². The second kappa shape index (κ2) is 6.77. The zero-order chi connectivity index (χ0) is 13.8. The molecule has 0 unspecified atom stereocenters. The van der Waals surface area contributed by atoms with Gasteiger partial charge in [0.25, 0.3) is 0 Å². The number of amides is 1. The van der Waals surface area contributed by atoms with E-state index in [-0.39, 0.29) is 5.91 Å². The number of hydrogen-bond acceptors (Lipinski definition) is 3. The molecule has 1 saturated heterocycles. The summed E-state index contributed by atoms with van der Waals surface area (Å²) in [6.07, 6.45) is 0. The molecule has 1 heterocycles. The van der Waals surface area contributed by atoms with E-state index in [1.165, 1.54) is 16.0 Å². The second-order valence-electron chi connectivity index (χ2n) is 4.65. The Bertz CT molecular complexity index is 473. The molecule has 0 aromatic heterocycles. The van der Waals surface area contributed by atoms with Crippen molar-refractivity contribution < 1.29 is 9.53 Å². The highest BCUT2D eigenvalue weighted by molar-refractivity contribution is 9.10. The van der Waals surface area contributed by atoms with Crippen LogP contribution in [0.4, 0.5) is 0 Å². The zero-order valence-electron chi connectivity index (χ0n) is 11.2. The summed E-state index contributed by atoms with van der Waals surface area (Å²) in [5.41, 5.74) is 2.41. The van der Waals surface area contributed by atoms with Crippen LogP contribution in [0.5, 0.6) is 0 Å². The molecule has 1 aromatic carbocycles. The predicted octanol–water partition coefficient (Wildman–Crippen LogP) is 3.02. The lowest BCUT2D eigenvalue weighted by Crippen LogP contribution is -2.41. The average Bonchev–Trinajstić information content (AvgIpc) is 2.42. The van der Waals surface area contributed by atoms with Crippen LogP contribution in [-0.4, -0.2) is 42.9 Å². The number of carbonyl (C=O) groups is 1. The molecule has 2 rings (SSSR count). The number of morpholine rings is 1. The summed E-state index contributed by atoms with van der Waals surface area (Å²) in [6, 6.07) is 4.24. The van der Waals surface area contributed by atoms with Gasteiger partial charge in [0, 0.05) is 22.5 Å². The Labute approximate surface area is 126 Å². The Morgan fingerprint density at radius 2 is 2.00 bits per heavy atom. The molecule has 19 heavy (non-hydrogen) atoms. The summed E-state index contributed by atoms with van der Waals surface area (Å²) < 4.78 is 6.37. The van der Waals surface area contributed by atoms with Crippen molar-refractivity contribution in [3.8, 4) is 0 Å². The number of ether oxygens (including phenoxy) is 1. The molecular formula is C14H18BrNO2S. The molecule has 0 atom stereocenters. The lowest BCUT2D eigenvalue weighted by Gasteiger charge is -2.26. The van der Waals surface area contributed by atoms with E-state index in [2.05, 4.69) is 41.9 Å². The normalized spacial score (nSPS) is 15.6. The quantitative estimate of drug-likeness (QED) is 0.790. The van der Waals surface area contributed by atoms with Crippen LogP contribution in [0.1, 0.15) is 11.1 Å². The van der Waals surface area contributed by atoms with E-state index in [4.69, 9.17) is 4.74 Å². The van der Waals surface area contributed by atoms with E-state index < -0.39 is 0 Å². The van der Waals surface area contributed by atoms with E-state index >= 15 is 0 Å². The number of aryl methyl sites for hydroxylation is 2. The van der Waals surface area contributed by atoms with Gasteiger partial charge < -0.3 is 9.64 Å². The number of nitrogens with zero attached hydrogens (tertiary/aromatic N) is 1. The van der Waals surface area contributed by atoms with Crippen molar-refractivity contribution in [1.82, 2.24) is 4.90 Å². The van der Waals surface area contributed by atoms with Gasteiger partial charge in [-0.15, -0.1) is 11.8 Å². The van der Waals surface area contributed by atoms with Gasteiger partial charge in [0.15, 0.2) is 0 Å². The summed E-state index contributed by atoms with van der Waals surface area (Å²) in [5.74, 6) is 0.704. The minimum Gasteiger partial charge on any atom is -0.378 e. The lowest BCUT2D eigenvalue weighted by molar-refractivity contribution is -0.132. The third kappa shape index (κ3) is 3.97. The van der Waals surface area contributed by atoms with Crippen molar-refractivity contribution in [3.63, 3.8) is 0 Å². The van der Waals surface area contributed by atoms with Crippen molar-refractivity contribution in [2.45, 2.75) is 18.7 Å². The first kappa shape index (κ1) is 14.9. The minimum atomic E-state index is 0.202. The van der Waals surface area contributed by atoms with Crippen LogP contribution in [0, 0.1) is 13.8 Å². The fourth-order valence-electron chi connectivity index (χ4n) is 1.95. The zero-order valence-corrected chi connectivity index (χ0v) is 13.6. The summed E-state index contributed by atoms with van der Waals surface area (Å²) in [4.78, 5) is 15.1. The number of benzene rings is 1. The van der Waals surface area contributed by atoms with Gasteiger partial charge in [-0.3, -0.25) is 4.79 Å². The number of hydrogen-bond donors (Lipinski definition) is 0. The third-order valence-corrected chi connectivity index (χ3v) is 5.17. The van der Waals surface area contributed by atoms with Gasteiger partial charge in [0.1, 0.15) is 0 Å². The molecule has 1 aromatic rings. The second-order valence-corrected chi connectivity index (χ2v) is 6.52. The smallest absolute Gasteiger partial charge is 0.233 e. The van der Waals surface area contributed by atoms with Crippen LogP contribution < -0.4 is 0 Å². The highest BCUT2D eigenvalue weighted by atomic mass is 79.9. The first-order valence-electron chi connectivity index (χ1n) is 6.33. The highest BCUT2D eigenvalue weighted by Crippen LogP contribution is 2.28. The van der Waals surface area contributed by atoms with Gasteiger partial charge in [-0.1, -0.05) is 15.9 Å². The molecule has 104 valence electrons. The molecule has 3 nitrogen and oxygen atoms in total. The number of rotatable bonds is 3. The van der Waals surface area contributed by atoms with E-state index in [9.17, 15) is 4.79 Å². The Balaban J connectivity index is 1.94. The van der Waals surface area contributed by atoms with Gasteiger partial charge in [0.2, 0.25) is 5.91 Å². The molecule has 0 saturated carbocycles. The summed E-state index contributed by atoms with van der Waals surface area (Å²) in [7, 11) is 0. The molecule has 1 fully saturated rings. The van der Waals surface area contributed by atoms with E-state index in [1.807, 2.05) is 4.90 Å². The first-order chi connectivity index (χ1) is 9.08. The largest absolute Gasteiger partial charge is 0.378 e. The fraction of sp³-hybridized carbons (Fsp3) is 0.500. The van der Waals surface area contributed by atoms with Crippen LogP contribution in [0.25, 0.3) is 0 Å². The summed E-state index contributed by atoms with van der Waals surface area (Å²) in [6.45, 7) is 6.90. The maximum Gasteiger partial charge on any atom is 0.233 e. The van der Waals surface area contributed by atoms with Gasteiger partial charge in [0.05, 0.1) is 19.0 Å². The van der Waals surface area contributed by atoms with Gasteiger partial charge >= 0.3 is 0 Å². The van der Waals surface area contributed by atoms with Gasteiger partial charge in [-0.2, -0.15) is 0 Å². The Morgan fingerprint density at radius 3 is 2.68 bits per heavy atom. The maximum absolute atomic E-state index is 12.1. The molecule has 0 spiro atoms. The van der Waals surface area contributed by atoms with Crippen molar-refractivity contribution >= 4 is 33.6 Å². The van der Waals surface area contributed by atoms with Crippen molar-refractivity contribution in [3.05, 3.63) is 27.7 Å². The first-order valence-corrected chi connectivity index (χ1v) is 8.11. The Hall–Kier alpha value is -0.520. The van der Waals surface area contributed by atoms with Crippen molar-refractivity contribution in [1.29, 1.82) is 0 Å². The lowest BCUT2D eigenvalue weighted by atomic mass is 10.2. The third-order valence-electron chi connectivity index (χ3n) is 3.17. The van der Waals surface area contributed by atoms with Crippen LogP contribution in [-0.2, 0) is 9.53 Å². The molecule has 1 amide bonds. The van der Waals surface area contributed by atoms with Gasteiger partial charge in [-0.05, 0) is 37.1 Å². The summed E-state index contributed by atoms with van der Waals surface area (Å²) in [5, 5.41) is 0. The molecule has 5 heteroatoms. The van der Waals surface area contributed by atoms with Gasteiger partial charge in [-0.25, -0.2) is 0 Å². The molecule has 1 aliphatic rings. The number of halogens is 1. The van der Waals surface area contributed by atoms with E-state index in [0.29, 0.717) is 19.0 Å². The minimum absolute atomic E-state index is 0.202. The SMILES string of the molecule is Cc1cc(SCC(=O)N2CCOCC2)c(C)cc1Br. The average molecular weight is 344 g/mol. The highest BCUT2D eigenvalue weighted by Gasteiger charge is 2.17. The van der Waals surface area contributed by atoms with E-state index in [1.54, 1.807) is 11.8 Å². The standard InChI is InChI=1S/C14H18BrNO2S/c1-10-8-13(11(2)7-12(10)15)19-9-14(17)16-3-5-18-6-4-16/h7-8H,3-6,9H2,1-2H3. The number of carbonyl (C=O) groups excluding carboxylic acids is 1. The molecule has 1 aliphatic heterocycles. The van der Waals surface area contributed by atoms with Crippen LogP contribution in [0.15, 0.2) is 21.5 Å². The number of thioether (sulfide) groups is 1. The van der Waals surface area contributed by atoms with Crippen molar-refractivity contribution in [2.24, 2.45) is 0 Å². The van der Waals surface area contributed by atoms with Crippen LogP contribution in [0.2, 0.25) is 0 Å². The topological polar surface area (TPSA) is 29.5 Å². The van der Waals surface area contributed by atoms with Crippen LogP contribution in [0.3, 0.4) is 0 Å². The van der Waals surface area contributed by atoms with Crippen molar-refractivity contribution in [2.75, 3.05) is 32.1 Å². The Kier molecular flexibility index (Phi) is 5.30.